The van der Waals surface area contributed by atoms with Crippen LogP contribution < -0.4 is 14.5 Å². The van der Waals surface area contributed by atoms with Gasteiger partial charge in [0.2, 0.25) is 0 Å². The number of anilines is 2. The van der Waals surface area contributed by atoms with Crippen LogP contribution >= 0.6 is 0 Å². The smallest absolute Gasteiger partial charge is 0.119 e. The molecule has 0 aliphatic carbocycles. The SMILES string of the molecule is COc1cccc(CN(Cc2ccc(N3CCOCC3)cc2)c2ccc(CN(C)C)cc2)c1. The van der Waals surface area contributed by atoms with Gasteiger partial charge in [-0.15, -0.1) is 0 Å². The first kappa shape index (κ1) is 23.1. The third-order valence-electron chi connectivity index (χ3n) is 5.99. The fourth-order valence-electron chi connectivity index (χ4n) is 4.26. The number of methoxy groups -OCH3 is 1. The van der Waals surface area contributed by atoms with Crippen LogP contribution in [0, 0.1) is 0 Å². The van der Waals surface area contributed by atoms with Gasteiger partial charge in [0.15, 0.2) is 0 Å². The van der Waals surface area contributed by atoms with Crippen molar-refractivity contribution in [2.24, 2.45) is 0 Å². The largest absolute Gasteiger partial charge is 0.497 e. The fourth-order valence-corrected chi connectivity index (χ4v) is 4.26. The molecule has 0 spiro atoms. The van der Waals surface area contributed by atoms with E-state index in [4.69, 9.17) is 9.47 Å². The maximum atomic E-state index is 5.49. The third kappa shape index (κ3) is 6.50. The Morgan fingerprint density at radius 3 is 2.09 bits per heavy atom. The molecule has 4 rings (SSSR count). The van der Waals surface area contributed by atoms with Gasteiger partial charge in [0.25, 0.3) is 0 Å². The maximum absolute atomic E-state index is 5.49. The molecule has 3 aromatic rings. The highest BCUT2D eigenvalue weighted by Gasteiger charge is 2.13. The molecule has 0 saturated carbocycles. The molecule has 1 fully saturated rings. The zero-order valence-corrected chi connectivity index (χ0v) is 20.0. The summed E-state index contributed by atoms with van der Waals surface area (Å²) in [6.07, 6.45) is 0. The van der Waals surface area contributed by atoms with Crippen LogP contribution in [-0.4, -0.2) is 52.4 Å². The molecule has 0 unspecified atom stereocenters. The van der Waals surface area contributed by atoms with Crippen LogP contribution in [0.2, 0.25) is 0 Å². The molecule has 0 atom stereocenters. The number of hydrogen-bond acceptors (Lipinski definition) is 5. The molecular weight excluding hydrogens is 410 g/mol. The summed E-state index contributed by atoms with van der Waals surface area (Å²) in [5, 5.41) is 0. The number of rotatable bonds is 9. The van der Waals surface area contributed by atoms with E-state index in [9.17, 15) is 0 Å². The quantitative estimate of drug-likeness (QED) is 0.472. The molecular formula is C28H35N3O2. The van der Waals surface area contributed by atoms with E-state index < -0.39 is 0 Å². The van der Waals surface area contributed by atoms with Gasteiger partial charge in [0, 0.05) is 44.1 Å². The van der Waals surface area contributed by atoms with Gasteiger partial charge in [-0.3, -0.25) is 0 Å². The van der Waals surface area contributed by atoms with Crippen molar-refractivity contribution in [2.45, 2.75) is 19.6 Å². The minimum atomic E-state index is 0.805. The second-order valence-corrected chi connectivity index (χ2v) is 8.88. The predicted octanol–water partition coefficient (Wildman–Crippen LogP) is 4.80. The average molecular weight is 446 g/mol. The van der Waals surface area contributed by atoms with Crippen molar-refractivity contribution < 1.29 is 9.47 Å². The fraction of sp³-hybridized carbons (Fsp3) is 0.357. The standard InChI is InChI=1S/C28H35N3O2/c1-29(2)20-23-7-13-27(14-8-23)31(22-25-5-4-6-28(19-25)32-3)21-24-9-11-26(12-10-24)30-15-17-33-18-16-30/h4-14,19H,15-18,20-22H2,1-3H3. The van der Waals surface area contributed by atoms with Crippen LogP contribution in [0.15, 0.2) is 72.8 Å². The minimum absolute atomic E-state index is 0.805. The molecule has 1 aliphatic rings. The summed E-state index contributed by atoms with van der Waals surface area (Å²) in [6, 6.07) is 26.3. The van der Waals surface area contributed by atoms with Crippen molar-refractivity contribution in [3.8, 4) is 5.75 Å². The van der Waals surface area contributed by atoms with E-state index in [1.807, 2.05) is 6.07 Å². The van der Waals surface area contributed by atoms with Gasteiger partial charge in [0.1, 0.15) is 5.75 Å². The molecule has 0 bridgehead atoms. The maximum Gasteiger partial charge on any atom is 0.119 e. The second-order valence-electron chi connectivity index (χ2n) is 8.88. The lowest BCUT2D eigenvalue weighted by Gasteiger charge is -2.29. The van der Waals surface area contributed by atoms with E-state index in [0.29, 0.717) is 0 Å². The summed E-state index contributed by atoms with van der Waals surface area (Å²) in [7, 11) is 5.92. The first-order valence-electron chi connectivity index (χ1n) is 11.6. The normalized spacial score (nSPS) is 13.9. The first-order chi connectivity index (χ1) is 16.1. The summed E-state index contributed by atoms with van der Waals surface area (Å²) in [6.45, 7) is 6.13. The van der Waals surface area contributed by atoms with Gasteiger partial charge in [-0.2, -0.15) is 0 Å². The Kier molecular flexibility index (Phi) is 7.87. The van der Waals surface area contributed by atoms with E-state index >= 15 is 0 Å². The molecule has 33 heavy (non-hydrogen) atoms. The van der Waals surface area contributed by atoms with Crippen LogP contribution in [-0.2, 0) is 24.4 Å². The molecule has 0 amide bonds. The molecule has 5 nitrogen and oxygen atoms in total. The number of hydrogen-bond donors (Lipinski definition) is 0. The van der Waals surface area contributed by atoms with Crippen molar-refractivity contribution in [1.29, 1.82) is 0 Å². The number of nitrogens with zero attached hydrogens (tertiary/aromatic N) is 3. The number of ether oxygens (including phenoxy) is 2. The molecule has 0 N–H and O–H groups in total. The van der Waals surface area contributed by atoms with E-state index in [-0.39, 0.29) is 0 Å². The zero-order valence-electron chi connectivity index (χ0n) is 20.0. The number of benzene rings is 3. The van der Waals surface area contributed by atoms with Crippen molar-refractivity contribution in [2.75, 3.05) is 57.3 Å². The highest BCUT2D eigenvalue weighted by atomic mass is 16.5. The van der Waals surface area contributed by atoms with Crippen LogP contribution in [0.3, 0.4) is 0 Å². The first-order valence-corrected chi connectivity index (χ1v) is 11.6. The molecule has 1 saturated heterocycles. The highest BCUT2D eigenvalue weighted by Crippen LogP contribution is 2.24. The van der Waals surface area contributed by atoms with Gasteiger partial charge in [-0.1, -0.05) is 36.4 Å². The Morgan fingerprint density at radius 1 is 0.788 bits per heavy atom. The lowest BCUT2D eigenvalue weighted by molar-refractivity contribution is 0.122. The third-order valence-corrected chi connectivity index (χ3v) is 5.99. The molecule has 1 heterocycles. The van der Waals surface area contributed by atoms with Crippen molar-refractivity contribution in [1.82, 2.24) is 4.90 Å². The highest BCUT2D eigenvalue weighted by molar-refractivity contribution is 5.51. The van der Waals surface area contributed by atoms with Gasteiger partial charge in [0.05, 0.1) is 20.3 Å². The predicted molar refractivity (Wildman–Crippen MR) is 136 cm³/mol. The summed E-state index contributed by atoms with van der Waals surface area (Å²) < 4.78 is 10.9. The van der Waals surface area contributed by atoms with E-state index in [0.717, 1.165) is 51.7 Å². The lowest BCUT2D eigenvalue weighted by atomic mass is 10.1. The average Bonchev–Trinajstić information content (AvgIpc) is 2.85. The summed E-state index contributed by atoms with van der Waals surface area (Å²) in [4.78, 5) is 7.02. The Morgan fingerprint density at radius 2 is 1.42 bits per heavy atom. The molecule has 3 aromatic carbocycles. The van der Waals surface area contributed by atoms with Crippen LogP contribution in [0.25, 0.3) is 0 Å². The molecule has 174 valence electrons. The Balaban J connectivity index is 1.54. The molecule has 0 aromatic heterocycles. The van der Waals surface area contributed by atoms with Crippen LogP contribution in [0.4, 0.5) is 11.4 Å². The Bertz CT molecular complexity index is 996. The summed E-state index contributed by atoms with van der Waals surface area (Å²) >= 11 is 0. The lowest BCUT2D eigenvalue weighted by Crippen LogP contribution is -2.36. The van der Waals surface area contributed by atoms with Crippen molar-refractivity contribution in [3.63, 3.8) is 0 Å². The monoisotopic (exact) mass is 445 g/mol. The van der Waals surface area contributed by atoms with Gasteiger partial charge >= 0.3 is 0 Å². The zero-order chi connectivity index (χ0) is 23.0. The van der Waals surface area contributed by atoms with E-state index in [2.05, 4.69) is 95.5 Å². The topological polar surface area (TPSA) is 28.2 Å². The second kappa shape index (κ2) is 11.2. The van der Waals surface area contributed by atoms with E-state index in [1.54, 1.807) is 7.11 Å². The molecule has 1 aliphatic heterocycles. The van der Waals surface area contributed by atoms with Crippen LogP contribution in [0.5, 0.6) is 5.75 Å². The summed E-state index contributed by atoms with van der Waals surface area (Å²) in [5.74, 6) is 0.892. The van der Waals surface area contributed by atoms with E-state index in [1.165, 1.54) is 28.1 Å². The molecule has 0 radical (unpaired) electrons. The van der Waals surface area contributed by atoms with Gasteiger partial charge < -0.3 is 24.2 Å². The Labute approximate surface area is 198 Å². The minimum Gasteiger partial charge on any atom is -0.497 e. The van der Waals surface area contributed by atoms with Gasteiger partial charge in [-0.05, 0) is 67.2 Å². The van der Waals surface area contributed by atoms with Crippen molar-refractivity contribution >= 4 is 11.4 Å². The van der Waals surface area contributed by atoms with Crippen LogP contribution in [0.1, 0.15) is 16.7 Å². The Hall–Kier alpha value is -3.02. The number of morpholine rings is 1. The molecule has 5 heteroatoms. The van der Waals surface area contributed by atoms with Crippen molar-refractivity contribution in [3.05, 3.63) is 89.5 Å². The van der Waals surface area contributed by atoms with Gasteiger partial charge in [-0.25, -0.2) is 0 Å². The summed E-state index contributed by atoms with van der Waals surface area (Å²) in [5.41, 5.74) is 6.34.